The second-order valence-corrected chi connectivity index (χ2v) is 12.5. The molecule has 3 nitrogen and oxygen atoms in total. The van der Waals surface area contributed by atoms with Gasteiger partial charge in [-0.15, -0.1) is 0 Å². The normalized spacial score (nSPS) is 11.7. The van der Waals surface area contributed by atoms with Gasteiger partial charge in [0.15, 0.2) is 0 Å². The van der Waals surface area contributed by atoms with Gasteiger partial charge in [-0.25, -0.2) is 0 Å². The van der Waals surface area contributed by atoms with Crippen LogP contribution in [0.1, 0.15) is 0 Å². The monoisotopic (exact) mass is 626 g/mol. The van der Waals surface area contributed by atoms with Crippen LogP contribution < -0.4 is 4.90 Å². The van der Waals surface area contributed by atoms with Gasteiger partial charge in [-0.2, -0.15) is 0 Å². The third-order valence-electron chi connectivity index (χ3n) is 9.79. The van der Waals surface area contributed by atoms with Gasteiger partial charge < -0.3 is 13.9 Å². The van der Waals surface area contributed by atoms with Gasteiger partial charge in [0.25, 0.3) is 0 Å². The molecule has 0 fully saturated rings. The number of furan rings is 1. The topological polar surface area (TPSA) is 21.3 Å². The molecule has 230 valence electrons. The molecule has 8 aromatic carbocycles. The SMILES string of the molecule is c1ccc(N(c2ccc(-c3ccccc3-n3c4ccccc4c4ccccc43)c3ccccc23)c2cccc3oc4ccccc4c23)cc1. The van der Waals surface area contributed by atoms with Gasteiger partial charge in [-0.05, 0) is 65.5 Å². The van der Waals surface area contributed by atoms with Crippen LogP contribution in [0.25, 0.3) is 71.3 Å². The van der Waals surface area contributed by atoms with E-state index >= 15 is 0 Å². The minimum Gasteiger partial charge on any atom is -0.456 e. The maximum absolute atomic E-state index is 6.36. The van der Waals surface area contributed by atoms with Crippen LogP contribution in [0.3, 0.4) is 0 Å². The minimum absolute atomic E-state index is 0.876. The van der Waals surface area contributed by atoms with Crippen LogP contribution >= 0.6 is 0 Å². The molecular formula is C46H30N2O. The Bertz CT molecular complexity index is 2790. The number of hydrogen-bond acceptors (Lipinski definition) is 2. The van der Waals surface area contributed by atoms with Crippen molar-refractivity contribution in [3.63, 3.8) is 0 Å². The second-order valence-electron chi connectivity index (χ2n) is 12.5. The van der Waals surface area contributed by atoms with Crippen LogP contribution in [0.15, 0.2) is 186 Å². The summed E-state index contributed by atoms with van der Waals surface area (Å²) in [6, 6.07) is 64.9. The Kier molecular flexibility index (Phi) is 6.18. The van der Waals surface area contributed by atoms with E-state index in [9.17, 15) is 0 Å². The molecule has 0 unspecified atom stereocenters. The first-order valence-corrected chi connectivity index (χ1v) is 16.7. The van der Waals surface area contributed by atoms with Crippen LogP contribution in [0.5, 0.6) is 0 Å². The van der Waals surface area contributed by atoms with E-state index in [0.717, 1.165) is 44.7 Å². The van der Waals surface area contributed by atoms with Crippen molar-refractivity contribution >= 4 is 71.6 Å². The summed E-state index contributed by atoms with van der Waals surface area (Å²) >= 11 is 0. The minimum atomic E-state index is 0.876. The average Bonchev–Trinajstić information content (AvgIpc) is 3.72. The average molecular weight is 627 g/mol. The molecule has 0 saturated heterocycles. The van der Waals surface area contributed by atoms with Crippen molar-refractivity contribution in [2.45, 2.75) is 0 Å². The van der Waals surface area contributed by atoms with Crippen molar-refractivity contribution in [1.29, 1.82) is 0 Å². The van der Waals surface area contributed by atoms with E-state index in [1.54, 1.807) is 0 Å². The highest BCUT2D eigenvalue weighted by Gasteiger charge is 2.22. The van der Waals surface area contributed by atoms with Crippen molar-refractivity contribution in [3.8, 4) is 16.8 Å². The summed E-state index contributed by atoms with van der Waals surface area (Å²) in [5.74, 6) is 0. The third kappa shape index (κ3) is 4.23. The van der Waals surface area contributed by atoms with E-state index in [4.69, 9.17) is 4.42 Å². The van der Waals surface area contributed by atoms with Crippen molar-refractivity contribution in [2.75, 3.05) is 4.90 Å². The van der Waals surface area contributed by atoms with Gasteiger partial charge >= 0.3 is 0 Å². The van der Waals surface area contributed by atoms with Gasteiger partial charge in [0, 0.05) is 32.8 Å². The molecule has 0 aliphatic carbocycles. The number of nitrogens with zero attached hydrogens (tertiary/aromatic N) is 2. The van der Waals surface area contributed by atoms with Gasteiger partial charge in [-0.3, -0.25) is 0 Å². The molecule has 0 spiro atoms. The molecule has 2 aromatic heterocycles. The molecule has 0 radical (unpaired) electrons. The van der Waals surface area contributed by atoms with Crippen molar-refractivity contribution < 1.29 is 4.42 Å². The first kappa shape index (κ1) is 27.5. The molecule has 0 aliphatic rings. The summed E-state index contributed by atoms with van der Waals surface area (Å²) < 4.78 is 8.78. The van der Waals surface area contributed by atoms with E-state index in [1.807, 2.05) is 12.1 Å². The molecular weight excluding hydrogens is 597 g/mol. The first-order valence-electron chi connectivity index (χ1n) is 16.7. The molecule has 3 heteroatoms. The number of fused-ring (bicyclic) bond motifs is 7. The molecule has 0 N–H and O–H groups in total. The molecule has 10 rings (SSSR count). The number of benzene rings is 8. The van der Waals surface area contributed by atoms with Gasteiger partial charge in [0.1, 0.15) is 11.2 Å². The molecule has 0 amide bonds. The number of para-hydroxylation sites is 5. The van der Waals surface area contributed by atoms with E-state index in [1.165, 1.54) is 43.7 Å². The zero-order valence-corrected chi connectivity index (χ0v) is 26.6. The summed E-state index contributed by atoms with van der Waals surface area (Å²) in [6.07, 6.45) is 0. The van der Waals surface area contributed by atoms with Crippen LogP contribution in [0.2, 0.25) is 0 Å². The van der Waals surface area contributed by atoms with Crippen LogP contribution in [-0.2, 0) is 0 Å². The first-order chi connectivity index (χ1) is 24.3. The van der Waals surface area contributed by atoms with E-state index < -0.39 is 0 Å². The van der Waals surface area contributed by atoms with E-state index in [2.05, 4.69) is 179 Å². The fourth-order valence-corrected chi connectivity index (χ4v) is 7.72. The Morgan fingerprint density at radius 1 is 0.367 bits per heavy atom. The van der Waals surface area contributed by atoms with Gasteiger partial charge in [-0.1, -0.05) is 127 Å². The highest BCUT2D eigenvalue weighted by Crippen LogP contribution is 2.47. The molecule has 0 bridgehead atoms. The largest absolute Gasteiger partial charge is 0.456 e. The van der Waals surface area contributed by atoms with Gasteiger partial charge in [0.2, 0.25) is 0 Å². The van der Waals surface area contributed by atoms with E-state index in [-0.39, 0.29) is 0 Å². The van der Waals surface area contributed by atoms with Crippen LogP contribution in [0.4, 0.5) is 17.1 Å². The summed E-state index contributed by atoms with van der Waals surface area (Å²) in [7, 11) is 0. The van der Waals surface area contributed by atoms with Gasteiger partial charge in [0.05, 0.1) is 33.5 Å². The Morgan fingerprint density at radius 2 is 0.959 bits per heavy atom. The van der Waals surface area contributed by atoms with Crippen molar-refractivity contribution in [1.82, 2.24) is 4.57 Å². The molecule has 49 heavy (non-hydrogen) atoms. The lowest BCUT2D eigenvalue weighted by atomic mass is 9.95. The Morgan fingerprint density at radius 3 is 1.73 bits per heavy atom. The highest BCUT2D eigenvalue weighted by molar-refractivity contribution is 6.16. The Balaban J connectivity index is 1.24. The third-order valence-corrected chi connectivity index (χ3v) is 9.79. The predicted molar refractivity (Wildman–Crippen MR) is 206 cm³/mol. The van der Waals surface area contributed by atoms with E-state index in [0.29, 0.717) is 0 Å². The summed E-state index contributed by atoms with van der Waals surface area (Å²) in [5.41, 5.74) is 11.0. The number of hydrogen-bond donors (Lipinski definition) is 0. The lowest BCUT2D eigenvalue weighted by Gasteiger charge is -2.28. The lowest BCUT2D eigenvalue weighted by Crippen LogP contribution is -2.11. The molecule has 0 aliphatic heterocycles. The smallest absolute Gasteiger partial charge is 0.137 e. The van der Waals surface area contributed by atoms with Crippen LogP contribution in [0, 0.1) is 0 Å². The zero-order valence-electron chi connectivity index (χ0n) is 26.6. The Labute approximate surface area is 283 Å². The Hall–Kier alpha value is -6.58. The maximum atomic E-state index is 6.36. The second kappa shape index (κ2) is 11.0. The fourth-order valence-electron chi connectivity index (χ4n) is 7.72. The summed E-state index contributed by atoms with van der Waals surface area (Å²) in [4.78, 5) is 2.38. The van der Waals surface area contributed by atoms with Crippen LogP contribution in [-0.4, -0.2) is 4.57 Å². The summed E-state index contributed by atoms with van der Waals surface area (Å²) in [5, 5.41) is 7.09. The number of anilines is 3. The maximum Gasteiger partial charge on any atom is 0.137 e. The fraction of sp³-hybridized carbons (Fsp3) is 0. The predicted octanol–water partition coefficient (Wildman–Crippen LogP) is 13.0. The standard InChI is InChI=1S/C46H30N2O/c1-2-15-31(16-3-1)47(43-26-14-28-45-46(43)38-22-9-13-27-44(38)49-45)42-30-29-33(32-17-4-5-18-34(32)42)35-19-6-10-23-39(35)48-40-24-11-7-20-36(40)37-21-8-12-25-41(37)48/h1-30H. The zero-order chi connectivity index (χ0) is 32.3. The quantitative estimate of drug-likeness (QED) is 0.190. The van der Waals surface area contributed by atoms with Crippen molar-refractivity contribution in [3.05, 3.63) is 182 Å². The lowest BCUT2D eigenvalue weighted by molar-refractivity contribution is 0.669. The molecule has 10 aromatic rings. The highest BCUT2D eigenvalue weighted by atomic mass is 16.3. The number of rotatable bonds is 5. The summed E-state index contributed by atoms with van der Waals surface area (Å²) in [6.45, 7) is 0. The molecule has 0 atom stereocenters. The van der Waals surface area contributed by atoms with Crippen molar-refractivity contribution in [2.24, 2.45) is 0 Å². The molecule has 2 heterocycles. The molecule has 0 saturated carbocycles. The number of aromatic nitrogens is 1.